The van der Waals surface area contributed by atoms with Gasteiger partial charge in [0, 0.05) is 28.4 Å². The van der Waals surface area contributed by atoms with Crippen LogP contribution in [0.25, 0.3) is 44.2 Å². The minimum atomic E-state index is -0.125. The molecule has 256 valence electrons. The number of para-hydroxylation sites is 3. The van der Waals surface area contributed by atoms with E-state index in [2.05, 4.69) is 120 Å². The summed E-state index contributed by atoms with van der Waals surface area (Å²) in [6, 6.07) is 62.2. The molecule has 0 saturated heterocycles. The number of ether oxygens (including phenoxy) is 2. The van der Waals surface area contributed by atoms with Gasteiger partial charge in [-0.2, -0.15) is 5.26 Å². The zero-order valence-corrected chi connectivity index (χ0v) is 29.4. The lowest BCUT2D eigenvalue weighted by molar-refractivity contribution is 0.465. The van der Waals surface area contributed by atoms with Gasteiger partial charge in [-0.1, -0.05) is 127 Å². The van der Waals surface area contributed by atoms with Crippen molar-refractivity contribution < 1.29 is 13.9 Å². The fraction of sp³-hybridized carbons (Fsp3) is 0. The maximum absolute atomic E-state index is 10.4. The molecule has 0 atom stereocenters. The van der Waals surface area contributed by atoms with E-state index in [9.17, 15) is 5.26 Å². The first-order valence-electron chi connectivity index (χ1n) is 18.3. The molecule has 6 heteroatoms. The Balaban J connectivity index is 1.16. The van der Waals surface area contributed by atoms with Gasteiger partial charge >= 0.3 is 0 Å². The molecule has 0 aliphatic carbocycles. The number of rotatable bonds is 5. The second-order valence-electron chi connectivity index (χ2n) is 13.9. The van der Waals surface area contributed by atoms with Crippen molar-refractivity contribution in [1.29, 1.82) is 5.26 Å². The van der Waals surface area contributed by atoms with Gasteiger partial charge in [0.05, 0.1) is 22.6 Å². The minimum absolute atomic E-state index is 0.125. The van der Waals surface area contributed by atoms with Crippen LogP contribution in [0.3, 0.4) is 0 Å². The standard InChI is InChI=1S/C49H29BN2O3/c51-30-35-16-7-9-19-41(35)52(42-20-11-18-38-37-17-8-10-21-43(37)55-49(38)42)36-28-46-48-47(29-36)54-45-27-34(32-14-5-2-6-15-32)23-25-40(45)50(48)39-24-22-33(26-44(39)53-46)31-12-3-1-4-13-31/h1-29H. The zero-order valence-electron chi connectivity index (χ0n) is 29.4. The molecule has 0 saturated carbocycles. The van der Waals surface area contributed by atoms with E-state index in [0.717, 1.165) is 83.5 Å². The summed E-state index contributed by atoms with van der Waals surface area (Å²) in [5.74, 6) is 2.99. The van der Waals surface area contributed by atoms with Crippen molar-refractivity contribution in [3.8, 4) is 51.3 Å². The van der Waals surface area contributed by atoms with Crippen molar-refractivity contribution in [1.82, 2.24) is 0 Å². The summed E-state index contributed by atoms with van der Waals surface area (Å²) in [6.45, 7) is -0.125. The van der Waals surface area contributed by atoms with E-state index in [1.54, 1.807) is 0 Å². The van der Waals surface area contributed by atoms with Crippen LogP contribution in [0.2, 0.25) is 0 Å². The van der Waals surface area contributed by atoms with Crippen LogP contribution >= 0.6 is 0 Å². The Morgan fingerprint density at radius 1 is 0.473 bits per heavy atom. The number of nitrogens with zero attached hydrogens (tertiary/aromatic N) is 2. The number of fused-ring (bicyclic) bond motifs is 7. The molecule has 11 rings (SSSR count). The highest BCUT2D eigenvalue weighted by atomic mass is 16.5. The van der Waals surface area contributed by atoms with Crippen LogP contribution < -0.4 is 30.8 Å². The first-order chi connectivity index (χ1) is 27.2. The van der Waals surface area contributed by atoms with Gasteiger partial charge in [0.1, 0.15) is 34.7 Å². The first kappa shape index (κ1) is 31.1. The zero-order chi connectivity index (χ0) is 36.5. The number of hydrogen-bond donors (Lipinski definition) is 0. The summed E-state index contributed by atoms with van der Waals surface area (Å²) in [5, 5.41) is 12.5. The van der Waals surface area contributed by atoms with Crippen LogP contribution in [0.4, 0.5) is 17.1 Å². The fourth-order valence-corrected chi connectivity index (χ4v) is 8.31. The van der Waals surface area contributed by atoms with Gasteiger partial charge in [0.25, 0.3) is 6.71 Å². The molecular weight excluding hydrogens is 675 g/mol. The molecule has 2 aliphatic heterocycles. The lowest BCUT2D eigenvalue weighted by Gasteiger charge is -2.35. The molecule has 0 bridgehead atoms. The molecule has 0 spiro atoms. The van der Waals surface area contributed by atoms with E-state index in [1.165, 1.54) is 0 Å². The van der Waals surface area contributed by atoms with Gasteiger partial charge in [0.15, 0.2) is 5.58 Å². The molecule has 5 nitrogen and oxygen atoms in total. The van der Waals surface area contributed by atoms with Crippen molar-refractivity contribution in [3.63, 3.8) is 0 Å². The van der Waals surface area contributed by atoms with Gasteiger partial charge in [-0.15, -0.1) is 0 Å². The maximum atomic E-state index is 10.4. The molecule has 55 heavy (non-hydrogen) atoms. The summed E-state index contributed by atoms with van der Waals surface area (Å²) in [6.07, 6.45) is 0. The van der Waals surface area contributed by atoms with Crippen molar-refractivity contribution in [2.45, 2.75) is 0 Å². The molecule has 0 unspecified atom stereocenters. The molecule has 0 radical (unpaired) electrons. The third kappa shape index (κ3) is 4.95. The molecule has 2 aliphatic rings. The number of anilines is 3. The number of nitriles is 1. The minimum Gasteiger partial charge on any atom is -0.458 e. The SMILES string of the molecule is N#Cc1ccccc1N(c1cc2c3c(c1)Oc1cc(-c4ccccc4)ccc1B3c1ccc(-c3ccccc3)cc1O2)c1cccc2c1oc1ccccc12. The maximum Gasteiger partial charge on any atom is 0.260 e. The normalized spacial score (nSPS) is 12.2. The predicted molar refractivity (Wildman–Crippen MR) is 222 cm³/mol. The van der Waals surface area contributed by atoms with Crippen LogP contribution in [0.1, 0.15) is 5.56 Å². The van der Waals surface area contributed by atoms with Gasteiger partial charge in [0.2, 0.25) is 0 Å². The average Bonchev–Trinajstić information content (AvgIpc) is 3.63. The predicted octanol–water partition coefficient (Wildman–Crippen LogP) is 11.0. The summed E-state index contributed by atoms with van der Waals surface area (Å²) < 4.78 is 20.5. The third-order valence-electron chi connectivity index (χ3n) is 10.8. The van der Waals surface area contributed by atoms with E-state index in [0.29, 0.717) is 22.7 Å². The highest BCUT2D eigenvalue weighted by Crippen LogP contribution is 2.47. The Hall–Kier alpha value is -7.49. The van der Waals surface area contributed by atoms with E-state index in [1.807, 2.05) is 66.7 Å². The largest absolute Gasteiger partial charge is 0.458 e. The highest BCUT2D eigenvalue weighted by Gasteiger charge is 2.41. The summed E-state index contributed by atoms with van der Waals surface area (Å²) in [7, 11) is 0. The average molecular weight is 705 g/mol. The Kier molecular flexibility index (Phi) is 6.95. The molecule has 3 heterocycles. The molecule has 1 aromatic heterocycles. The highest BCUT2D eigenvalue weighted by molar-refractivity contribution is 6.98. The van der Waals surface area contributed by atoms with Crippen molar-refractivity contribution in [2.75, 3.05) is 4.90 Å². The monoisotopic (exact) mass is 704 g/mol. The smallest absolute Gasteiger partial charge is 0.260 e. The van der Waals surface area contributed by atoms with E-state index >= 15 is 0 Å². The van der Waals surface area contributed by atoms with Crippen LogP contribution in [-0.2, 0) is 0 Å². The number of hydrogen-bond acceptors (Lipinski definition) is 5. The Morgan fingerprint density at radius 2 is 1.04 bits per heavy atom. The van der Waals surface area contributed by atoms with Crippen LogP contribution in [-0.4, -0.2) is 6.71 Å². The van der Waals surface area contributed by atoms with Crippen molar-refractivity contribution in [2.24, 2.45) is 0 Å². The molecule has 0 N–H and O–H groups in total. The molecule has 9 aromatic rings. The van der Waals surface area contributed by atoms with Crippen LogP contribution in [0.5, 0.6) is 23.0 Å². The van der Waals surface area contributed by atoms with E-state index in [4.69, 9.17) is 13.9 Å². The molecule has 0 fully saturated rings. The fourth-order valence-electron chi connectivity index (χ4n) is 8.31. The topological polar surface area (TPSA) is 58.6 Å². The van der Waals surface area contributed by atoms with Gasteiger partial charge in [-0.3, -0.25) is 0 Å². The lowest BCUT2D eigenvalue weighted by Crippen LogP contribution is -2.57. The van der Waals surface area contributed by atoms with Crippen LogP contribution in [0, 0.1) is 11.3 Å². The second-order valence-corrected chi connectivity index (χ2v) is 13.9. The first-order valence-corrected chi connectivity index (χ1v) is 18.3. The third-order valence-corrected chi connectivity index (χ3v) is 10.8. The Labute approximate surface area is 317 Å². The van der Waals surface area contributed by atoms with Crippen LogP contribution in [0.15, 0.2) is 180 Å². The second kappa shape index (κ2) is 12.3. The van der Waals surface area contributed by atoms with Crippen molar-refractivity contribution in [3.05, 3.63) is 181 Å². The van der Waals surface area contributed by atoms with Gasteiger partial charge in [-0.25, -0.2) is 0 Å². The quantitative estimate of drug-likeness (QED) is 0.167. The lowest BCUT2D eigenvalue weighted by atomic mass is 9.34. The summed E-state index contributed by atoms with van der Waals surface area (Å²) in [4.78, 5) is 2.09. The summed E-state index contributed by atoms with van der Waals surface area (Å²) in [5.41, 5.74) is 11.8. The number of furan rings is 1. The van der Waals surface area contributed by atoms with Gasteiger partial charge in [-0.05, 0) is 69.6 Å². The van der Waals surface area contributed by atoms with E-state index in [-0.39, 0.29) is 6.71 Å². The van der Waals surface area contributed by atoms with E-state index < -0.39 is 0 Å². The molecular formula is C49H29BN2O3. The van der Waals surface area contributed by atoms with Crippen molar-refractivity contribution >= 4 is 62.1 Å². The molecule has 8 aromatic carbocycles. The molecule has 0 amide bonds. The Morgan fingerprint density at radius 3 is 1.69 bits per heavy atom. The van der Waals surface area contributed by atoms with Gasteiger partial charge < -0.3 is 18.8 Å². The summed E-state index contributed by atoms with van der Waals surface area (Å²) >= 11 is 0. The Bertz CT molecular complexity index is 2910. The number of benzene rings is 8.